The molecular weight excluding hydrogens is 257 g/mol. The van der Waals surface area contributed by atoms with Crippen LogP contribution >= 0.6 is 11.6 Å². The van der Waals surface area contributed by atoms with E-state index >= 15 is 0 Å². The van der Waals surface area contributed by atoms with Gasteiger partial charge in [0.15, 0.2) is 0 Å². The van der Waals surface area contributed by atoms with Crippen molar-refractivity contribution in [3.8, 4) is 0 Å². The predicted octanol–water partition coefficient (Wildman–Crippen LogP) is 2.61. The molecule has 7 heteroatoms. The Labute approximate surface area is 108 Å². The van der Waals surface area contributed by atoms with Crippen LogP contribution in [0.15, 0.2) is 24.4 Å². The van der Waals surface area contributed by atoms with Gasteiger partial charge in [-0.15, -0.1) is 0 Å². The summed E-state index contributed by atoms with van der Waals surface area (Å²) in [5, 5.41) is 3.10. The molecule has 94 valence electrons. The van der Waals surface area contributed by atoms with E-state index in [4.69, 9.17) is 17.4 Å². The number of anilines is 3. The zero-order valence-corrected chi connectivity index (χ0v) is 10.3. The van der Waals surface area contributed by atoms with Crippen LogP contribution in [-0.2, 0) is 0 Å². The predicted molar refractivity (Wildman–Crippen MR) is 69.3 cm³/mol. The number of nitrogens with zero attached hydrogens (tertiary/aromatic N) is 2. The van der Waals surface area contributed by atoms with Crippen LogP contribution in [0.4, 0.5) is 21.8 Å². The minimum atomic E-state index is -0.456. The third-order valence-electron chi connectivity index (χ3n) is 2.31. The molecule has 0 bridgehead atoms. The van der Waals surface area contributed by atoms with Crippen molar-refractivity contribution in [1.29, 1.82) is 0 Å². The first-order valence-corrected chi connectivity index (χ1v) is 5.51. The Morgan fingerprint density at radius 3 is 2.83 bits per heavy atom. The summed E-state index contributed by atoms with van der Waals surface area (Å²) in [6.07, 6.45) is 1.57. The third-order valence-corrected chi connectivity index (χ3v) is 2.62. The van der Waals surface area contributed by atoms with Crippen molar-refractivity contribution in [1.82, 2.24) is 9.97 Å². The number of para-hydroxylation sites is 1. The fraction of sp³-hybridized carbons (Fsp3) is 0.0909. The lowest BCUT2D eigenvalue weighted by Crippen LogP contribution is -2.12. The van der Waals surface area contributed by atoms with Crippen LogP contribution < -0.4 is 16.6 Å². The Balaban J connectivity index is 2.39. The van der Waals surface area contributed by atoms with E-state index in [1.807, 2.05) is 0 Å². The van der Waals surface area contributed by atoms with Gasteiger partial charge in [-0.25, -0.2) is 15.2 Å². The van der Waals surface area contributed by atoms with Crippen molar-refractivity contribution in [3.05, 3.63) is 40.8 Å². The summed E-state index contributed by atoms with van der Waals surface area (Å²) in [7, 11) is 0. The van der Waals surface area contributed by atoms with Gasteiger partial charge in [-0.1, -0.05) is 17.7 Å². The molecule has 2 rings (SSSR count). The van der Waals surface area contributed by atoms with Crippen LogP contribution in [0.5, 0.6) is 0 Å². The number of nitrogens with two attached hydrogens (primary N) is 1. The number of halogens is 2. The number of aryl methyl sites for hydroxylation is 1. The van der Waals surface area contributed by atoms with Gasteiger partial charge in [0.25, 0.3) is 0 Å². The molecular formula is C11H11ClFN5. The Morgan fingerprint density at radius 1 is 1.39 bits per heavy atom. The van der Waals surface area contributed by atoms with Crippen LogP contribution in [0.25, 0.3) is 0 Å². The zero-order chi connectivity index (χ0) is 13.1. The highest BCUT2D eigenvalue weighted by Crippen LogP contribution is 2.28. The lowest BCUT2D eigenvalue weighted by atomic mass is 10.3. The molecule has 0 unspecified atom stereocenters. The molecule has 0 atom stereocenters. The first kappa shape index (κ1) is 12.5. The molecule has 18 heavy (non-hydrogen) atoms. The Morgan fingerprint density at radius 2 is 2.17 bits per heavy atom. The van der Waals surface area contributed by atoms with E-state index in [0.29, 0.717) is 5.82 Å². The zero-order valence-electron chi connectivity index (χ0n) is 9.54. The molecule has 0 spiro atoms. The number of nitrogen functional groups attached to an aromatic ring is 1. The van der Waals surface area contributed by atoms with E-state index < -0.39 is 5.82 Å². The van der Waals surface area contributed by atoms with Crippen molar-refractivity contribution in [2.24, 2.45) is 5.84 Å². The van der Waals surface area contributed by atoms with Crippen molar-refractivity contribution < 1.29 is 4.39 Å². The molecule has 0 saturated carbocycles. The number of rotatable bonds is 3. The number of benzene rings is 1. The van der Waals surface area contributed by atoms with Crippen LogP contribution in [-0.4, -0.2) is 9.97 Å². The molecule has 0 amide bonds. The second-order valence-corrected chi connectivity index (χ2v) is 4.00. The molecule has 4 N–H and O–H groups in total. The number of hydrazine groups is 1. The maximum atomic E-state index is 13.6. The number of nitrogens with one attached hydrogen (secondary N) is 2. The number of hydrogen-bond donors (Lipinski definition) is 3. The van der Waals surface area contributed by atoms with Gasteiger partial charge in [0.05, 0.1) is 10.7 Å². The molecule has 0 aliphatic carbocycles. The van der Waals surface area contributed by atoms with E-state index in [1.165, 1.54) is 12.1 Å². The minimum Gasteiger partial charge on any atom is -0.336 e. The van der Waals surface area contributed by atoms with Crippen LogP contribution in [0.1, 0.15) is 5.56 Å². The first-order chi connectivity index (χ1) is 8.61. The maximum Gasteiger partial charge on any atom is 0.239 e. The average molecular weight is 268 g/mol. The fourth-order valence-electron chi connectivity index (χ4n) is 1.37. The molecule has 0 aliphatic heterocycles. The van der Waals surface area contributed by atoms with Crippen molar-refractivity contribution >= 4 is 29.1 Å². The fourth-order valence-corrected chi connectivity index (χ4v) is 1.58. The quantitative estimate of drug-likeness (QED) is 0.589. The smallest absolute Gasteiger partial charge is 0.239 e. The van der Waals surface area contributed by atoms with Crippen LogP contribution in [0.2, 0.25) is 5.02 Å². The van der Waals surface area contributed by atoms with Gasteiger partial charge >= 0.3 is 0 Å². The van der Waals surface area contributed by atoms with Gasteiger partial charge in [0.2, 0.25) is 5.95 Å². The van der Waals surface area contributed by atoms with Crippen LogP contribution in [0.3, 0.4) is 0 Å². The molecule has 0 fully saturated rings. The molecule has 1 heterocycles. The summed E-state index contributed by atoms with van der Waals surface area (Å²) < 4.78 is 13.6. The normalized spacial score (nSPS) is 10.2. The Kier molecular flexibility index (Phi) is 3.59. The van der Waals surface area contributed by atoms with Gasteiger partial charge in [-0.3, -0.25) is 5.43 Å². The van der Waals surface area contributed by atoms with Crippen LogP contribution in [0, 0.1) is 12.7 Å². The Bertz CT molecular complexity index is 555. The first-order valence-electron chi connectivity index (χ1n) is 5.13. The SMILES string of the molecule is Cc1cnc(NN)nc1Nc1c(F)cccc1Cl. The van der Waals surface area contributed by atoms with Crippen molar-refractivity contribution in [2.45, 2.75) is 6.92 Å². The molecule has 1 aromatic carbocycles. The molecule has 0 radical (unpaired) electrons. The van der Waals surface area contributed by atoms with Gasteiger partial charge in [-0.2, -0.15) is 4.98 Å². The van der Waals surface area contributed by atoms with E-state index in [1.54, 1.807) is 19.2 Å². The number of aromatic nitrogens is 2. The van der Waals surface area contributed by atoms with Gasteiger partial charge in [0.1, 0.15) is 11.6 Å². The number of hydrogen-bond acceptors (Lipinski definition) is 5. The third kappa shape index (κ3) is 2.49. The summed E-state index contributed by atoms with van der Waals surface area (Å²) in [5.74, 6) is 5.43. The van der Waals surface area contributed by atoms with E-state index in [2.05, 4.69) is 20.7 Å². The summed E-state index contributed by atoms with van der Waals surface area (Å²) in [5.41, 5.74) is 3.23. The van der Waals surface area contributed by atoms with Gasteiger partial charge < -0.3 is 5.32 Å². The maximum absolute atomic E-state index is 13.6. The van der Waals surface area contributed by atoms with E-state index in [0.717, 1.165) is 5.56 Å². The lowest BCUT2D eigenvalue weighted by Gasteiger charge is -2.11. The second-order valence-electron chi connectivity index (χ2n) is 3.59. The van der Waals surface area contributed by atoms with E-state index in [9.17, 15) is 4.39 Å². The van der Waals surface area contributed by atoms with Crippen molar-refractivity contribution in [2.75, 3.05) is 10.7 Å². The molecule has 0 saturated heterocycles. The summed E-state index contributed by atoms with van der Waals surface area (Å²) in [6, 6.07) is 4.43. The summed E-state index contributed by atoms with van der Waals surface area (Å²) >= 11 is 5.92. The highest BCUT2D eigenvalue weighted by atomic mass is 35.5. The molecule has 5 nitrogen and oxygen atoms in total. The Hall–Kier alpha value is -1.92. The van der Waals surface area contributed by atoms with E-state index in [-0.39, 0.29) is 16.7 Å². The minimum absolute atomic E-state index is 0.170. The molecule has 2 aromatic rings. The van der Waals surface area contributed by atoms with Gasteiger partial charge in [0, 0.05) is 11.8 Å². The molecule has 1 aromatic heterocycles. The monoisotopic (exact) mass is 267 g/mol. The second kappa shape index (κ2) is 5.16. The average Bonchev–Trinajstić information content (AvgIpc) is 2.36. The largest absolute Gasteiger partial charge is 0.336 e. The molecule has 0 aliphatic rings. The standard InChI is InChI=1S/C11H11ClFN5/c1-6-5-15-11(18-14)17-10(6)16-9-7(12)3-2-4-8(9)13/h2-5H,14H2,1H3,(H2,15,16,17,18). The summed E-state index contributed by atoms with van der Waals surface area (Å²) in [4.78, 5) is 8.01. The highest BCUT2D eigenvalue weighted by Gasteiger charge is 2.10. The topological polar surface area (TPSA) is 75.9 Å². The summed E-state index contributed by atoms with van der Waals surface area (Å²) in [6.45, 7) is 1.79. The van der Waals surface area contributed by atoms with Crippen molar-refractivity contribution in [3.63, 3.8) is 0 Å². The lowest BCUT2D eigenvalue weighted by molar-refractivity contribution is 0.632. The van der Waals surface area contributed by atoms with Gasteiger partial charge in [-0.05, 0) is 19.1 Å². The highest BCUT2D eigenvalue weighted by molar-refractivity contribution is 6.33.